The number of amides is 1. The van der Waals surface area contributed by atoms with E-state index in [2.05, 4.69) is 10.0 Å². The SMILES string of the molecule is CC[C@H](C)NC(=O)c1cccc(NS(=O)(=O)c2ccccc2)c1C. The number of nitrogens with one attached hydrogen (secondary N) is 2. The zero-order chi connectivity index (χ0) is 17.7. The van der Waals surface area contributed by atoms with Gasteiger partial charge in [-0.2, -0.15) is 0 Å². The fourth-order valence-corrected chi connectivity index (χ4v) is 3.34. The van der Waals surface area contributed by atoms with Crippen LogP contribution in [0.15, 0.2) is 53.4 Å². The molecule has 2 rings (SSSR count). The number of carbonyl (C=O) groups excluding carboxylic acids is 1. The molecule has 0 aliphatic carbocycles. The third-order valence-electron chi connectivity index (χ3n) is 3.87. The Bertz CT molecular complexity index is 817. The lowest BCUT2D eigenvalue weighted by molar-refractivity contribution is 0.0938. The molecule has 6 heteroatoms. The predicted octanol–water partition coefficient (Wildman–Crippen LogP) is 3.32. The van der Waals surface area contributed by atoms with Crippen LogP contribution in [0.3, 0.4) is 0 Å². The van der Waals surface area contributed by atoms with E-state index in [9.17, 15) is 13.2 Å². The maximum absolute atomic E-state index is 12.4. The van der Waals surface area contributed by atoms with Crippen LogP contribution in [0.1, 0.15) is 36.2 Å². The summed E-state index contributed by atoms with van der Waals surface area (Å²) >= 11 is 0. The summed E-state index contributed by atoms with van der Waals surface area (Å²) in [5.41, 5.74) is 1.46. The lowest BCUT2D eigenvalue weighted by Gasteiger charge is -2.16. The molecular weight excluding hydrogens is 324 g/mol. The van der Waals surface area contributed by atoms with Crippen LogP contribution in [0, 0.1) is 6.92 Å². The number of anilines is 1. The summed E-state index contributed by atoms with van der Waals surface area (Å²) in [5.74, 6) is -0.206. The van der Waals surface area contributed by atoms with E-state index in [0.717, 1.165) is 6.42 Å². The van der Waals surface area contributed by atoms with Crippen LogP contribution >= 0.6 is 0 Å². The van der Waals surface area contributed by atoms with E-state index in [1.54, 1.807) is 43.3 Å². The summed E-state index contributed by atoms with van der Waals surface area (Å²) in [4.78, 5) is 12.5. The molecule has 0 saturated carbocycles. The van der Waals surface area contributed by atoms with Gasteiger partial charge in [0.05, 0.1) is 10.6 Å². The van der Waals surface area contributed by atoms with Crippen LogP contribution in [0.25, 0.3) is 0 Å². The van der Waals surface area contributed by atoms with Crippen LogP contribution in [0.5, 0.6) is 0 Å². The second kappa shape index (κ2) is 7.49. The quantitative estimate of drug-likeness (QED) is 0.842. The van der Waals surface area contributed by atoms with Crippen molar-refractivity contribution in [3.63, 3.8) is 0 Å². The molecule has 1 atom stereocenters. The third-order valence-corrected chi connectivity index (χ3v) is 5.25. The van der Waals surface area contributed by atoms with Gasteiger partial charge < -0.3 is 5.32 Å². The summed E-state index contributed by atoms with van der Waals surface area (Å²) in [5, 5.41) is 2.89. The lowest BCUT2D eigenvalue weighted by atomic mass is 10.1. The van der Waals surface area contributed by atoms with E-state index < -0.39 is 10.0 Å². The number of benzene rings is 2. The molecule has 0 aromatic heterocycles. The molecule has 0 heterocycles. The first-order valence-corrected chi connectivity index (χ1v) is 9.31. The molecule has 0 spiro atoms. The van der Waals surface area contributed by atoms with Crippen LogP contribution in [0.2, 0.25) is 0 Å². The highest BCUT2D eigenvalue weighted by Crippen LogP contribution is 2.22. The second-order valence-corrected chi connectivity index (χ2v) is 7.36. The first kappa shape index (κ1) is 18.0. The van der Waals surface area contributed by atoms with Gasteiger partial charge in [-0.25, -0.2) is 8.42 Å². The Morgan fingerprint density at radius 1 is 1.08 bits per heavy atom. The molecule has 2 N–H and O–H groups in total. The smallest absolute Gasteiger partial charge is 0.261 e. The molecule has 128 valence electrons. The van der Waals surface area contributed by atoms with Gasteiger partial charge in [0, 0.05) is 11.6 Å². The maximum atomic E-state index is 12.4. The monoisotopic (exact) mass is 346 g/mol. The van der Waals surface area contributed by atoms with Crippen molar-refractivity contribution < 1.29 is 13.2 Å². The van der Waals surface area contributed by atoms with Gasteiger partial charge in [0.15, 0.2) is 0 Å². The van der Waals surface area contributed by atoms with Crippen molar-refractivity contribution in [3.8, 4) is 0 Å². The standard InChI is InChI=1S/C18H22N2O3S/c1-4-13(2)19-18(21)16-11-8-12-17(14(16)3)20-24(22,23)15-9-6-5-7-10-15/h5-13,20H,4H2,1-3H3,(H,19,21)/t13-/m0/s1. The highest BCUT2D eigenvalue weighted by atomic mass is 32.2. The average molecular weight is 346 g/mol. The largest absolute Gasteiger partial charge is 0.350 e. The molecule has 0 bridgehead atoms. The molecule has 2 aromatic carbocycles. The zero-order valence-corrected chi connectivity index (χ0v) is 14.9. The molecule has 0 saturated heterocycles. The van der Waals surface area contributed by atoms with E-state index in [-0.39, 0.29) is 16.8 Å². The second-order valence-electron chi connectivity index (χ2n) is 5.68. The number of carbonyl (C=O) groups is 1. The topological polar surface area (TPSA) is 75.3 Å². The highest BCUT2D eigenvalue weighted by molar-refractivity contribution is 7.92. The first-order valence-electron chi connectivity index (χ1n) is 7.83. The molecule has 1 amide bonds. The fourth-order valence-electron chi connectivity index (χ4n) is 2.20. The van der Waals surface area contributed by atoms with Gasteiger partial charge in [-0.3, -0.25) is 9.52 Å². The van der Waals surface area contributed by atoms with E-state index in [1.807, 2.05) is 13.8 Å². The summed E-state index contributed by atoms with van der Waals surface area (Å²) in [6.07, 6.45) is 0.825. The summed E-state index contributed by atoms with van der Waals surface area (Å²) in [6.45, 7) is 5.64. The molecule has 0 aliphatic heterocycles. The number of hydrogen-bond acceptors (Lipinski definition) is 3. The molecule has 2 aromatic rings. The van der Waals surface area contributed by atoms with E-state index >= 15 is 0 Å². The van der Waals surface area contributed by atoms with E-state index in [4.69, 9.17) is 0 Å². The van der Waals surface area contributed by atoms with Crippen LogP contribution in [-0.4, -0.2) is 20.4 Å². The number of hydrogen-bond donors (Lipinski definition) is 2. The Labute approximate surface area is 143 Å². The van der Waals surface area contributed by atoms with Crippen molar-refractivity contribution in [2.24, 2.45) is 0 Å². The minimum Gasteiger partial charge on any atom is -0.350 e. The third kappa shape index (κ3) is 4.14. The zero-order valence-electron chi connectivity index (χ0n) is 14.0. The van der Waals surface area contributed by atoms with Gasteiger partial charge >= 0.3 is 0 Å². The molecule has 0 radical (unpaired) electrons. The van der Waals surface area contributed by atoms with E-state index in [0.29, 0.717) is 16.8 Å². The summed E-state index contributed by atoms with van der Waals surface area (Å²) in [7, 11) is -3.69. The molecule has 5 nitrogen and oxygen atoms in total. The average Bonchev–Trinajstić information content (AvgIpc) is 2.57. The van der Waals surface area contributed by atoms with Gasteiger partial charge in [-0.05, 0) is 50.1 Å². The summed E-state index contributed by atoms with van der Waals surface area (Å²) in [6, 6.07) is 13.2. The minimum atomic E-state index is -3.69. The molecule has 24 heavy (non-hydrogen) atoms. The highest BCUT2D eigenvalue weighted by Gasteiger charge is 2.18. The Hall–Kier alpha value is -2.34. The Balaban J connectivity index is 2.30. The number of sulfonamides is 1. The lowest BCUT2D eigenvalue weighted by Crippen LogP contribution is -2.32. The summed E-state index contributed by atoms with van der Waals surface area (Å²) < 4.78 is 27.5. The Kier molecular flexibility index (Phi) is 5.62. The molecule has 0 unspecified atom stereocenters. The fraction of sp³-hybridized carbons (Fsp3) is 0.278. The van der Waals surface area contributed by atoms with Gasteiger partial charge in [-0.1, -0.05) is 31.2 Å². The van der Waals surface area contributed by atoms with Crippen molar-refractivity contribution >= 4 is 21.6 Å². The number of rotatable bonds is 6. The van der Waals surface area contributed by atoms with Crippen LogP contribution < -0.4 is 10.0 Å². The van der Waals surface area contributed by atoms with Gasteiger partial charge in [-0.15, -0.1) is 0 Å². The van der Waals surface area contributed by atoms with Crippen molar-refractivity contribution in [3.05, 3.63) is 59.7 Å². The first-order chi connectivity index (χ1) is 11.3. The minimum absolute atomic E-state index is 0.0570. The molecule has 0 aliphatic rings. The normalized spacial score (nSPS) is 12.5. The van der Waals surface area contributed by atoms with Gasteiger partial charge in [0.1, 0.15) is 0 Å². The molecular formula is C18H22N2O3S. The van der Waals surface area contributed by atoms with Gasteiger partial charge in [0.2, 0.25) is 0 Å². The van der Waals surface area contributed by atoms with Gasteiger partial charge in [0.25, 0.3) is 15.9 Å². The molecule has 0 fully saturated rings. The Morgan fingerprint density at radius 2 is 1.75 bits per heavy atom. The van der Waals surface area contributed by atoms with Crippen molar-refractivity contribution in [2.75, 3.05) is 4.72 Å². The van der Waals surface area contributed by atoms with Crippen molar-refractivity contribution in [2.45, 2.75) is 38.1 Å². The van der Waals surface area contributed by atoms with Crippen molar-refractivity contribution in [1.29, 1.82) is 0 Å². The van der Waals surface area contributed by atoms with Crippen LogP contribution in [-0.2, 0) is 10.0 Å². The van der Waals surface area contributed by atoms with Crippen molar-refractivity contribution in [1.82, 2.24) is 5.32 Å². The maximum Gasteiger partial charge on any atom is 0.261 e. The van der Waals surface area contributed by atoms with Crippen LogP contribution in [0.4, 0.5) is 5.69 Å². The Morgan fingerprint density at radius 3 is 2.38 bits per heavy atom. The predicted molar refractivity (Wildman–Crippen MR) is 95.6 cm³/mol. The van der Waals surface area contributed by atoms with E-state index in [1.165, 1.54) is 12.1 Å².